The summed E-state index contributed by atoms with van der Waals surface area (Å²) in [6.45, 7) is 2.42. The predicted octanol–water partition coefficient (Wildman–Crippen LogP) is 3.55. The van der Waals surface area contributed by atoms with Gasteiger partial charge in [0.2, 0.25) is 0 Å². The fourth-order valence-electron chi connectivity index (χ4n) is 3.05. The molecule has 3 rings (SSSR count). The van der Waals surface area contributed by atoms with E-state index in [4.69, 9.17) is 5.11 Å². The smallest absolute Gasteiger partial charge is 0.107 e. The van der Waals surface area contributed by atoms with Crippen molar-refractivity contribution >= 4 is 11.3 Å². The third-order valence-corrected chi connectivity index (χ3v) is 5.18. The Hall–Kier alpha value is -1.23. The zero-order valence-electron chi connectivity index (χ0n) is 12.2. The molecule has 112 valence electrons. The summed E-state index contributed by atoms with van der Waals surface area (Å²) in [7, 11) is 0. The van der Waals surface area contributed by atoms with Crippen LogP contribution in [0.2, 0.25) is 0 Å². The topological polar surface area (TPSA) is 36.4 Å². The molecule has 0 saturated carbocycles. The van der Waals surface area contributed by atoms with Gasteiger partial charge < -0.3 is 5.11 Å². The van der Waals surface area contributed by atoms with Gasteiger partial charge in [-0.05, 0) is 37.8 Å². The first-order valence-corrected chi connectivity index (χ1v) is 8.53. The number of thiazole rings is 1. The first-order chi connectivity index (χ1) is 10.4. The van der Waals surface area contributed by atoms with Gasteiger partial charge in [-0.25, -0.2) is 4.98 Å². The Bertz CT molecular complexity index is 555. The molecule has 4 heteroatoms. The minimum Gasteiger partial charge on any atom is -0.396 e. The Balaban J connectivity index is 1.64. The first-order valence-electron chi connectivity index (χ1n) is 7.72. The van der Waals surface area contributed by atoms with Gasteiger partial charge in [-0.1, -0.05) is 30.3 Å². The van der Waals surface area contributed by atoms with Crippen LogP contribution in [0.25, 0.3) is 10.4 Å². The van der Waals surface area contributed by atoms with Gasteiger partial charge in [0.1, 0.15) is 5.01 Å². The Kier molecular flexibility index (Phi) is 5.01. The van der Waals surface area contributed by atoms with Crippen molar-refractivity contribution in [2.45, 2.75) is 38.3 Å². The standard InChI is InChI=1S/C17H22N2OS/c20-11-5-9-15-8-4-10-19(15)13-17-18-12-16(21-17)14-6-2-1-3-7-14/h1-3,6-7,12,15,20H,4-5,8-11,13H2. The normalized spacial score (nSPS) is 19.2. The SMILES string of the molecule is OCCCC1CCCN1Cc1ncc(-c2ccccc2)s1. The summed E-state index contributed by atoms with van der Waals surface area (Å²) in [5, 5.41) is 10.2. The molecule has 3 nitrogen and oxygen atoms in total. The van der Waals surface area contributed by atoms with Gasteiger partial charge in [-0.15, -0.1) is 11.3 Å². The van der Waals surface area contributed by atoms with E-state index in [1.807, 2.05) is 12.3 Å². The fraction of sp³-hybridized carbons (Fsp3) is 0.471. The molecule has 1 aliphatic rings. The largest absolute Gasteiger partial charge is 0.396 e. The Morgan fingerprint density at radius 3 is 2.95 bits per heavy atom. The van der Waals surface area contributed by atoms with E-state index in [-0.39, 0.29) is 0 Å². The van der Waals surface area contributed by atoms with Gasteiger partial charge in [-0.3, -0.25) is 4.90 Å². The molecule has 1 aromatic carbocycles. The van der Waals surface area contributed by atoms with Gasteiger partial charge in [0.25, 0.3) is 0 Å². The highest BCUT2D eigenvalue weighted by Gasteiger charge is 2.24. The molecule has 0 bridgehead atoms. The highest BCUT2D eigenvalue weighted by Crippen LogP contribution is 2.29. The first kappa shape index (κ1) is 14.7. The van der Waals surface area contributed by atoms with Crippen LogP contribution in [0.4, 0.5) is 0 Å². The van der Waals surface area contributed by atoms with Crippen LogP contribution >= 0.6 is 11.3 Å². The maximum atomic E-state index is 9.00. The summed E-state index contributed by atoms with van der Waals surface area (Å²) in [5.74, 6) is 0. The summed E-state index contributed by atoms with van der Waals surface area (Å²) in [5.41, 5.74) is 1.25. The number of nitrogens with zero attached hydrogens (tertiary/aromatic N) is 2. The molecule has 21 heavy (non-hydrogen) atoms. The van der Waals surface area contributed by atoms with Crippen molar-refractivity contribution in [1.82, 2.24) is 9.88 Å². The van der Waals surface area contributed by atoms with Crippen LogP contribution in [0.1, 0.15) is 30.7 Å². The third kappa shape index (κ3) is 3.70. The fourth-order valence-corrected chi connectivity index (χ4v) is 4.00. The van der Waals surface area contributed by atoms with E-state index in [9.17, 15) is 0 Å². The lowest BCUT2D eigenvalue weighted by Crippen LogP contribution is -2.28. The van der Waals surface area contributed by atoms with Gasteiger partial charge in [0.15, 0.2) is 0 Å². The van der Waals surface area contributed by atoms with E-state index < -0.39 is 0 Å². The highest BCUT2D eigenvalue weighted by atomic mass is 32.1. The minimum absolute atomic E-state index is 0.305. The van der Waals surface area contributed by atoms with Crippen LogP contribution in [0.3, 0.4) is 0 Å². The average Bonchev–Trinajstić information content (AvgIpc) is 3.16. The number of aromatic nitrogens is 1. The lowest BCUT2D eigenvalue weighted by Gasteiger charge is -2.23. The predicted molar refractivity (Wildman–Crippen MR) is 87.3 cm³/mol. The van der Waals surface area contributed by atoms with E-state index >= 15 is 0 Å². The zero-order valence-corrected chi connectivity index (χ0v) is 13.1. The molecule has 1 aliphatic heterocycles. The van der Waals surface area contributed by atoms with Crippen molar-refractivity contribution in [2.75, 3.05) is 13.2 Å². The molecule has 0 aliphatic carbocycles. The lowest BCUT2D eigenvalue weighted by molar-refractivity contribution is 0.210. The molecule has 2 aromatic rings. The van der Waals surface area contributed by atoms with Crippen LogP contribution in [0.5, 0.6) is 0 Å². The Morgan fingerprint density at radius 2 is 2.14 bits per heavy atom. The van der Waals surface area contributed by atoms with Gasteiger partial charge in [-0.2, -0.15) is 0 Å². The van der Waals surface area contributed by atoms with Crippen molar-refractivity contribution in [3.8, 4) is 10.4 Å². The van der Waals surface area contributed by atoms with Crippen LogP contribution in [-0.4, -0.2) is 34.2 Å². The van der Waals surface area contributed by atoms with Gasteiger partial charge in [0, 0.05) is 18.8 Å². The Labute approximate surface area is 130 Å². The lowest BCUT2D eigenvalue weighted by atomic mass is 10.1. The average molecular weight is 302 g/mol. The molecule has 2 heterocycles. The van der Waals surface area contributed by atoms with E-state index in [0.29, 0.717) is 12.6 Å². The van der Waals surface area contributed by atoms with Crippen molar-refractivity contribution in [1.29, 1.82) is 0 Å². The molecule has 1 unspecified atom stereocenters. The van der Waals surface area contributed by atoms with Crippen molar-refractivity contribution in [3.63, 3.8) is 0 Å². The maximum Gasteiger partial charge on any atom is 0.107 e. The van der Waals surface area contributed by atoms with Crippen molar-refractivity contribution in [3.05, 3.63) is 41.5 Å². The number of hydrogen-bond donors (Lipinski definition) is 1. The number of aliphatic hydroxyl groups excluding tert-OH is 1. The second-order valence-corrected chi connectivity index (χ2v) is 6.73. The summed E-state index contributed by atoms with van der Waals surface area (Å²) in [6.07, 6.45) is 6.54. The summed E-state index contributed by atoms with van der Waals surface area (Å²) < 4.78 is 0. The molecule has 0 radical (unpaired) electrons. The van der Waals surface area contributed by atoms with E-state index in [0.717, 1.165) is 25.9 Å². The maximum absolute atomic E-state index is 9.00. The van der Waals surface area contributed by atoms with Gasteiger partial charge >= 0.3 is 0 Å². The van der Waals surface area contributed by atoms with Crippen LogP contribution in [0, 0.1) is 0 Å². The van der Waals surface area contributed by atoms with Crippen LogP contribution in [-0.2, 0) is 6.54 Å². The van der Waals surface area contributed by atoms with E-state index in [1.54, 1.807) is 11.3 Å². The summed E-state index contributed by atoms with van der Waals surface area (Å²) >= 11 is 1.80. The van der Waals surface area contributed by atoms with Crippen molar-refractivity contribution < 1.29 is 5.11 Å². The number of rotatable bonds is 6. The quantitative estimate of drug-likeness (QED) is 0.886. The molecule has 1 saturated heterocycles. The van der Waals surface area contributed by atoms with Gasteiger partial charge in [0.05, 0.1) is 11.4 Å². The van der Waals surface area contributed by atoms with Crippen LogP contribution in [0.15, 0.2) is 36.5 Å². The minimum atomic E-state index is 0.305. The second kappa shape index (κ2) is 7.16. The molecule has 0 spiro atoms. The molecule has 1 atom stereocenters. The molecule has 1 N–H and O–H groups in total. The zero-order chi connectivity index (χ0) is 14.5. The monoisotopic (exact) mass is 302 g/mol. The summed E-state index contributed by atoms with van der Waals surface area (Å²) in [4.78, 5) is 8.38. The molecular formula is C17H22N2OS. The highest BCUT2D eigenvalue weighted by molar-refractivity contribution is 7.15. The number of aliphatic hydroxyl groups is 1. The van der Waals surface area contributed by atoms with E-state index in [2.05, 4.69) is 34.1 Å². The molecule has 1 aromatic heterocycles. The molecule has 0 amide bonds. The summed E-state index contributed by atoms with van der Waals surface area (Å²) in [6, 6.07) is 11.1. The number of benzene rings is 1. The third-order valence-electron chi connectivity index (χ3n) is 4.14. The Morgan fingerprint density at radius 1 is 1.29 bits per heavy atom. The van der Waals surface area contributed by atoms with E-state index in [1.165, 1.54) is 28.3 Å². The second-order valence-electron chi connectivity index (χ2n) is 5.62. The molecule has 1 fully saturated rings. The van der Waals surface area contributed by atoms with Crippen LogP contribution < -0.4 is 0 Å². The van der Waals surface area contributed by atoms with Crippen molar-refractivity contribution in [2.24, 2.45) is 0 Å². The number of hydrogen-bond acceptors (Lipinski definition) is 4. The molecular weight excluding hydrogens is 280 g/mol. The number of likely N-dealkylation sites (tertiary alicyclic amines) is 1.